The summed E-state index contributed by atoms with van der Waals surface area (Å²) in [5.41, 5.74) is 1.11. The number of thioether (sulfide) groups is 1. The summed E-state index contributed by atoms with van der Waals surface area (Å²) in [5, 5.41) is 10.4. The summed E-state index contributed by atoms with van der Waals surface area (Å²) >= 11 is 7.62. The Morgan fingerprint density at radius 2 is 1.88 bits per heavy atom. The van der Waals surface area contributed by atoms with Crippen LogP contribution < -0.4 is 4.90 Å². The van der Waals surface area contributed by atoms with Crippen molar-refractivity contribution in [3.8, 4) is 11.6 Å². The van der Waals surface area contributed by atoms with Crippen molar-refractivity contribution in [2.75, 3.05) is 36.8 Å². The predicted octanol–water partition coefficient (Wildman–Crippen LogP) is 5.14. The van der Waals surface area contributed by atoms with Crippen LogP contribution in [0.1, 0.15) is 38.1 Å². The average molecular weight is 486 g/mol. The monoisotopic (exact) mass is 485 g/mol. The standard InChI is InChI=1S/C24H28ClN5O2S/c25-18-6-4-9-20(16-18)28-11-13-29(14-12-28)22(31)17-33-24-27-26-23(21-10-5-15-32-21)30(24)19-7-2-1-3-8-19/h4-6,9-10,15-16,19H,1-3,7-8,11-14,17H2. The van der Waals surface area contributed by atoms with Gasteiger partial charge in [0.25, 0.3) is 0 Å². The zero-order valence-electron chi connectivity index (χ0n) is 18.5. The van der Waals surface area contributed by atoms with E-state index in [1.165, 1.54) is 31.0 Å². The largest absolute Gasteiger partial charge is 0.461 e. The second-order valence-electron chi connectivity index (χ2n) is 8.58. The van der Waals surface area contributed by atoms with Crippen LogP contribution in [-0.4, -0.2) is 57.5 Å². The Morgan fingerprint density at radius 1 is 1.06 bits per heavy atom. The topological polar surface area (TPSA) is 67.4 Å². The molecule has 0 spiro atoms. The lowest BCUT2D eigenvalue weighted by molar-refractivity contribution is -0.128. The van der Waals surface area contributed by atoms with E-state index >= 15 is 0 Å². The van der Waals surface area contributed by atoms with E-state index in [9.17, 15) is 4.79 Å². The minimum absolute atomic E-state index is 0.142. The number of furan rings is 1. The Balaban J connectivity index is 1.23. The Labute approximate surface area is 203 Å². The van der Waals surface area contributed by atoms with E-state index in [1.807, 2.05) is 35.2 Å². The minimum Gasteiger partial charge on any atom is -0.461 e. The molecule has 0 bridgehead atoms. The van der Waals surface area contributed by atoms with E-state index in [1.54, 1.807) is 6.26 Å². The molecule has 9 heteroatoms. The number of benzene rings is 1. The second kappa shape index (κ2) is 10.2. The fraction of sp³-hybridized carbons (Fsp3) is 0.458. The maximum atomic E-state index is 13.0. The molecule has 1 saturated heterocycles. The van der Waals surface area contributed by atoms with E-state index < -0.39 is 0 Å². The highest BCUT2D eigenvalue weighted by Crippen LogP contribution is 2.35. The second-order valence-corrected chi connectivity index (χ2v) is 9.96. The molecule has 2 aliphatic rings. The summed E-state index contributed by atoms with van der Waals surface area (Å²) < 4.78 is 7.82. The van der Waals surface area contributed by atoms with Crippen LogP contribution in [0.2, 0.25) is 5.02 Å². The zero-order chi connectivity index (χ0) is 22.6. The smallest absolute Gasteiger partial charge is 0.233 e. The number of halogens is 1. The molecule has 3 heterocycles. The van der Waals surface area contributed by atoms with Crippen molar-refractivity contribution >= 4 is 35.0 Å². The molecule has 0 unspecified atom stereocenters. The lowest BCUT2D eigenvalue weighted by Gasteiger charge is -2.36. The van der Waals surface area contributed by atoms with Crippen molar-refractivity contribution in [1.29, 1.82) is 0 Å². The van der Waals surface area contributed by atoms with Crippen LogP contribution >= 0.6 is 23.4 Å². The van der Waals surface area contributed by atoms with Gasteiger partial charge >= 0.3 is 0 Å². The highest BCUT2D eigenvalue weighted by atomic mass is 35.5. The molecule has 7 nitrogen and oxygen atoms in total. The van der Waals surface area contributed by atoms with Gasteiger partial charge in [-0.05, 0) is 43.2 Å². The number of anilines is 1. The van der Waals surface area contributed by atoms with E-state index in [0.29, 0.717) is 24.9 Å². The summed E-state index contributed by atoms with van der Waals surface area (Å²) in [5.74, 6) is 1.99. The fourth-order valence-corrected chi connectivity index (χ4v) is 5.81. The highest BCUT2D eigenvalue weighted by Gasteiger charge is 2.27. The van der Waals surface area contributed by atoms with Gasteiger partial charge in [0.15, 0.2) is 10.9 Å². The summed E-state index contributed by atoms with van der Waals surface area (Å²) in [4.78, 5) is 17.2. The molecule has 1 amide bonds. The summed E-state index contributed by atoms with van der Waals surface area (Å²) in [7, 11) is 0. The molecule has 0 radical (unpaired) electrons. The molecule has 1 saturated carbocycles. The average Bonchev–Trinajstić information content (AvgIpc) is 3.53. The van der Waals surface area contributed by atoms with Gasteiger partial charge in [-0.1, -0.05) is 48.7 Å². The Kier molecular flexibility index (Phi) is 6.92. The van der Waals surface area contributed by atoms with Crippen LogP contribution in [0.3, 0.4) is 0 Å². The number of rotatable bonds is 6. The van der Waals surface area contributed by atoms with Crippen molar-refractivity contribution < 1.29 is 9.21 Å². The molecular formula is C24H28ClN5O2S. The van der Waals surface area contributed by atoms with E-state index in [0.717, 1.165) is 53.4 Å². The van der Waals surface area contributed by atoms with E-state index in [2.05, 4.69) is 25.7 Å². The van der Waals surface area contributed by atoms with Gasteiger partial charge in [-0.15, -0.1) is 10.2 Å². The number of hydrogen-bond donors (Lipinski definition) is 0. The third kappa shape index (κ3) is 5.06. The van der Waals surface area contributed by atoms with Gasteiger partial charge in [-0.2, -0.15) is 0 Å². The lowest BCUT2D eigenvalue weighted by atomic mass is 9.95. The van der Waals surface area contributed by atoms with Crippen molar-refractivity contribution in [1.82, 2.24) is 19.7 Å². The number of amides is 1. The van der Waals surface area contributed by atoms with Crippen LogP contribution in [0.5, 0.6) is 0 Å². The highest BCUT2D eigenvalue weighted by molar-refractivity contribution is 7.99. The molecule has 0 atom stereocenters. The molecule has 33 heavy (non-hydrogen) atoms. The van der Waals surface area contributed by atoms with Crippen LogP contribution in [-0.2, 0) is 4.79 Å². The summed E-state index contributed by atoms with van der Waals surface area (Å²) in [6, 6.07) is 12.0. The first-order chi connectivity index (χ1) is 16.2. The van der Waals surface area contributed by atoms with E-state index in [-0.39, 0.29) is 5.91 Å². The molecular weight excluding hydrogens is 458 g/mol. The maximum Gasteiger partial charge on any atom is 0.233 e. The minimum atomic E-state index is 0.142. The summed E-state index contributed by atoms with van der Waals surface area (Å²) in [6.07, 6.45) is 7.57. The Morgan fingerprint density at radius 3 is 2.61 bits per heavy atom. The van der Waals surface area contributed by atoms with Gasteiger partial charge in [0.2, 0.25) is 11.7 Å². The third-order valence-corrected chi connectivity index (χ3v) is 7.64. The van der Waals surface area contributed by atoms with Gasteiger partial charge in [0.05, 0.1) is 12.0 Å². The van der Waals surface area contributed by atoms with Crippen LogP contribution in [0.15, 0.2) is 52.2 Å². The normalized spacial score (nSPS) is 17.5. The fourth-order valence-electron chi connectivity index (χ4n) is 4.72. The van der Waals surface area contributed by atoms with Crippen molar-refractivity contribution in [2.24, 2.45) is 0 Å². The number of carbonyl (C=O) groups excluding carboxylic acids is 1. The van der Waals surface area contributed by atoms with Crippen molar-refractivity contribution in [3.63, 3.8) is 0 Å². The van der Waals surface area contributed by atoms with E-state index in [4.69, 9.17) is 16.0 Å². The first-order valence-corrected chi connectivity index (χ1v) is 13.0. The number of carbonyl (C=O) groups is 1. The van der Waals surface area contributed by atoms with Crippen LogP contribution in [0.25, 0.3) is 11.6 Å². The molecule has 5 rings (SSSR count). The van der Waals surface area contributed by atoms with Crippen LogP contribution in [0.4, 0.5) is 5.69 Å². The number of nitrogens with zero attached hydrogens (tertiary/aromatic N) is 5. The SMILES string of the molecule is O=C(CSc1nnc(-c2ccco2)n1C1CCCCC1)N1CCN(c2cccc(Cl)c2)CC1. The molecule has 1 aliphatic carbocycles. The van der Waals surface area contributed by atoms with Gasteiger partial charge < -0.3 is 14.2 Å². The molecule has 2 fully saturated rings. The number of piperazine rings is 1. The van der Waals surface area contributed by atoms with Gasteiger partial charge in [-0.25, -0.2) is 0 Å². The quantitative estimate of drug-likeness (QED) is 0.450. The van der Waals surface area contributed by atoms with Gasteiger partial charge in [-0.3, -0.25) is 9.36 Å². The lowest BCUT2D eigenvalue weighted by Crippen LogP contribution is -2.49. The molecule has 3 aromatic rings. The molecule has 1 aromatic carbocycles. The van der Waals surface area contributed by atoms with Crippen LogP contribution in [0, 0.1) is 0 Å². The zero-order valence-corrected chi connectivity index (χ0v) is 20.1. The predicted molar refractivity (Wildman–Crippen MR) is 131 cm³/mol. The van der Waals surface area contributed by atoms with Crippen molar-refractivity contribution in [2.45, 2.75) is 43.3 Å². The van der Waals surface area contributed by atoms with Crippen molar-refractivity contribution in [3.05, 3.63) is 47.7 Å². The molecule has 2 aromatic heterocycles. The molecule has 174 valence electrons. The Bertz CT molecular complexity index is 1070. The molecule has 0 N–H and O–H groups in total. The van der Waals surface area contributed by atoms with Gasteiger partial charge in [0, 0.05) is 42.9 Å². The van der Waals surface area contributed by atoms with Gasteiger partial charge in [0.1, 0.15) is 0 Å². The first kappa shape index (κ1) is 22.3. The Hall–Kier alpha value is -2.45. The third-order valence-electron chi connectivity index (χ3n) is 6.48. The number of hydrogen-bond acceptors (Lipinski definition) is 6. The summed E-state index contributed by atoms with van der Waals surface area (Å²) in [6.45, 7) is 3.02. The number of aromatic nitrogens is 3. The molecule has 1 aliphatic heterocycles. The first-order valence-electron chi connectivity index (χ1n) is 11.6. The maximum absolute atomic E-state index is 13.0.